The van der Waals surface area contributed by atoms with Crippen molar-refractivity contribution in [3.63, 3.8) is 0 Å². The van der Waals surface area contributed by atoms with E-state index in [4.69, 9.17) is 8.94 Å². The minimum absolute atomic E-state index is 0.0238. The highest BCUT2D eigenvalue weighted by Gasteiger charge is 2.19. The molecule has 0 bridgehead atoms. The lowest BCUT2D eigenvalue weighted by Gasteiger charge is -2.21. The summed E-state index contributed by atoms with van der Waals surface area (Å²) in [5.41, 5.74) is 2.41. The molecule has 4 rings (SSSR count). The van der Waals surface area contributed by atoms with E-state index in [0.717, 1.165) is 16.7 Å². The van der Waals surface area contributed by atoms with Gasteiger partial charge in [-0.2, -0.15) is 0 Å². The van der Waals surface area contributed by atoms with Gasteiger partial charge in [0.15, 0.2) is 5.58 Å². The molecule has 0 atom stereocenters. The molecule has 2 aromatic heterocycles. The second-order valence-electron chi connectivity index (χ2n) is 6.12. The van der Waals surface area contributed by atoms with E-state index in [2.05, 4.69) is 5.16 Å². The normalized spacial score (nSPS) is 10.9. The van der Waals surface area contributed by atoms with Crippen molar-refractivity contribution in [2.75, 3.05) is 0 Å². The van der Waals surface area contributed by atoms with E-state index in [1.807, 2.05) is 66.7 Å². The van der Waals surface area contributed by atoms with Gasteiger partial charge in [0.25, 0.3) is 0 Å². The van der Waals surface area contributed by atoms with Crippen molar-refractivity contribution < 1.29 is 13.7 Å². The lowest BCUT2D eigenvalue weighted by atomic mass is 10.1. The van der Waals surface area contributed by atoms with E-state index >= 15 is 0 Å². The number of rotatable bonds is 6. The summed E-state index contributed by atoms with van der Waals surface area (Å²) in [6.45, 7) is 0.923. The molecule has 5 nitrogen and oxygen atoms in total. The second-order valence-corrected chi connectivity index (χ2v) is 6.12. The molecule has 2 aromatic carbocycles. The van der Waals surface area contributed by atoms with Crippen LogP contribution in [0.4, 0.5) is 0 Å². The Bertz CT molecular complexity index is 990. The van der Waals surface area contributed by atoms with E-state index in [-0.39, 0.29) is 12.3 Å². The Morgan fingerprint density at radius 3 is 2.54 bits per heavy atom. The standard InChI is InChI=1S/C21H18N2O3/c24-21(13-19-18-10-4-5-11-20(18)26-22-19)23(15-17-9-6-12-25-17)14-16-7-2-1-3-8-16/h1-12H,13-15H2. The van der Waals surface area contributed by atoms with Gasteiger partial charge in [0, 0.05) is 11.9 Å². The number of fused-ring (bicyclic) bond motifs is 1. The van der Waals surface area contributed by atoms with Crippen LogP contribution in [0, 0.1) is 0 Å². The molecular weight excluding hydrogens is 328 g/mol. The quantitative estimate of drug-likeness (QED) is 0.525. The van der Waals surface area contributed by atoms with E-state index in [1.165, 1.54) is 0 Å². The molecule has 5 heteroatoms. The molecule has 0 saturated heterocycles. The molecule has 4 aromatic rings. The topological polar surface area (TPSA) is 59.5 Å². The number of hydrogen-bond donors (Lipinski definition) is 0. The Morgan fingerprint density at radius 1 is 0.923 bits per heavy atom. The molecule has 130 valence electrons. The number of aromatic nitrogens is 1. The van der Waals surface area contributed by atoms with Gasteiger partial charge < -0.3 is 13.8 Å². The number of furan rings is 1. The molecule has 0 radical (unpaired) electrons. The first kappa shape index (κ1) is 16.1. The maximum absolute atomic E-state index is 13.0. The molecule has 0 aliphatic carbocycles. The summed E-state index contributed by atoms with van der Waals surface area (Å²) in [7, 11) is 0. The maximum atomic E-state index is 13.0. The van der Waals surface area contributed by atoms with Gasteiger partial charge in [-0.1, -0.05) is 47.6 Å². The zero-order chi connectivity index (χ0) is 17.8. The summed E-state index contributed by atoms with van der Waals surface area (Å²) >= 11 is 0. The number of benzene rings is 2. The Morgan fingerprint density at radius 2 is 1.73 bits per heavy atom. The van der Waals surface area contributed by atoms with Crippen LogP contribution in [-0.2, 0) is 24.3 Å². The third kappa shape index (κ3) is 3.52. The molecule has 0 saturated carbocycles. The van der Waals surface area contributed by atoms with Crippen LogP contribution in [0.2, 0.25) is 0 Å². The van der Waals surface area contributed by atoms with Gasteiger partial charge in [-0.25, -0.2) is 0 Å². The number of para-hydroxylation sites is 1. The summed E-state index contributed by atoms with van der Waals surface area (Å²) in [6.07, 6.45) is 1.80. The molecule has 0 spiro atoms. The molecule has 26 heavy (non-hydrogen) atoms. The lowest BCUT2D eigenvalue weighted by Crippen LogP contribution is -2.31. The minimum atomic E-state index is -0.0238. The van der Waals surface area contributed by atoms with Crippen molar-refractivity contribution >= 4 is 16.9 Å². The number of amides is 1. The summed E-state index contributed by atoms with van der Waals surface area (Å²) in [5.74, 6) is 0.726. The van der Waals surface area contributed by atoms with Crippen LogP contribution >= 0.6 is 0 Å². The fourth-order valence-corrected chi connectivity index (χ4v) is 2.95. The van der Waals surface area contributed by atoms with Crippen molar-refractivity contribution in [2.45, 2.75) is 19.5 Å². The lowest BCUT2D eigenvalue weighted by molar-refractivity contribution is -0.132. The molecule has 2 heterocycles. The van der Waals surface area contributed by atoms with Gasteiger partial charge in [0.05, 0.1) is 19.2 Å². The van der Waals surface area contributed by atoms with Crippen molar-refractivity contribution in [1.82, 2.24) is 10.1 Å². The van der Waals surface area contributed by atoms with Gasteiger partial charge in [-0.3, -0.25) is 4.79 Å². The molecule has 0 aliphatic heterocycles. The van der Waals surface area contributed by atoms with Gasteiger partial charge in [-0.05, 0) is 29.8 Å². The van der Waals surface area contributed by atoms with Crippen LogP contribution in [0.15, 0.2) is 81.9 Å². The van der Waals surface area contributed by atoms with Crippen molar-refractivity contribution in [3.8, 4) is 0 Å². The zero-order valence-corrected chi connectivity index (χ0v) is 14.2. The Balaban J connectivity index is 1.56. The van der Waals surface area contributed by atoms with E-state index in [1.54, 1.807) is 11.2 Å². The predicted octanol–water partition coefficient (Wildman–Crippen LogP) is 4.19. The monoisotopic (exact) mass is 346 g/mol. The fraction of sp³-hybridized carbons (Fsp3) is 0.143. The molecule has 0 fully saturated rings. The first-order valence-electron chi connectivity index (χ1n) is 8.47. The predicted molar refractivity (Wildman–Crippen MR) is 97.1 cm³/mol. The first-order valence-corrected chi connectivity index (χ1v) is 8.47. The van der Waals surface area contributed by atoms with E-state index in [9.17, 15) is 4.79 Å². The average molecular weight is 346 g/mol. The summed E-state index contributed by atoms with van der Waals surface area (Å²) < 4.78 is 10.7. The molecular formula is C21H18N2O3. The third-order valence-corrected chi connectivity index (χ3v) is 4.27. The van der Waals surface area contributed by atoms with E-state index < -0.39 is 0 Å². The van der Waals surface area contributed by atoms with E-state index in [0.29, 0.717) is 24.4 Å². The number of carbonyl (C=O) groups is 1. The fourth-order valence-electron chi connectivity index (χ4n) is 2.95. The summed E-state index contributed by atoms with van der Waals surface area (Å²) in [4.78, 5) is 14.8. The zero-order valence-electron chi connectivity index (χ0n) is 14.2. The Hall–Kier alpha value is -3.34. The largest absolute Gasteiger partial charge is 0.467 e. The summed E-state index contributed by atoms with van der Waals surface area (Å²) in [6, 6.07) is 21.2. The van der Waals surface area contributed by atoms with Crippen molar-refractivity contribution in [3.05, 3.63) is 90.0 Å². The Labute approximate surface area is 150 Å². The van der Waals surface area contributed by atoms with Crippen LogP contribution in [0.5, 0.6) is 0 Å². The van der Waals surface area contributed by atoms with Gasteiger partial charge in [0.2, 0.25) is 5.91 Å². The SMILES string of the molecule is O=C(Cc1noc2ccccc12)N(Cc1ccccc1)Cc1ccco1. The highest BCUT2D eigenvalue weighted by molar-refractivity contribution is 5.86. The van der Waals surface area contributed by atoms with Crippen LogP contribution in [0.25, 0.3) is 11.0 Å². The van der Waals surface area contributed by atoms with Crippen LogP contribution in [0.1, 0.15) is 17.0 Å². The Kier molecular flexibility index (Phi) is 4.51. The highest BCUT2D eigenvalue weighted by atomic mass is 16.5. The minimum Gasteiger partial charge on any atom is -0.467 e. The number of carbonyl (C=O) groups excluding carboxylic acids is 1. The van der Waals surface area contributed by atoms with Crippen molar-refractivity contribution in [1.29, 1.82) is 0 Å². The smallest absolute Gasteiger partial charge is 0.229 e. The molecule has 0 N–H and O–H groups in total. The van der Waals surface area contributed by atoms with Gasteiger partial charge in [-0.15, -0.1) is 0 Å². The average Bonchev–Trinajstić information content (AvgIpc) is 3.32. The molecule has 0 aliphatic rings. The van der Waals surface area contributed by atoms with Crippen molar-refractivity contribution in [2.24, 2.45) is 0 Å². The second kappa shape index (κ2) is 7.27. The van der Waals surface area contributed by atoms with Crippen LogP contribution < -0.4 is 0 Å². The number of nitrogens with zero attached hydrogens (tertiary/aromatic N) is 2. The van der Waals surface area contributed by atoms with Crippen LogP contribution in [0.3, 0.4) is 0 Å². The number of hydrogen-bond acceptors (Lipinski definition) is 4. The molecule has 1 amide bonds. The van der Waals surface area contributed by atoms with Crippen LogP contribution in [-0.4, -0.2) is 16.0 Å². The molecule has 0 unspecified atom stereocenters. The van der Waals surface area contributed by atoms with Gasteiger partial charge in [0.1, 0.15) is 11.5 Å². The van der Waals surface area contributed by atoms with Gasteiger partial charge >= 0.3 is 0 Å². The third-order valence-electron chi connectivity index (χ3n) is 4.27. The summed E-state index contributed by atoms with van der Waals surface area (Å²) in [5, 5.41) is 4.95. The highest BCUT2D eigenvalue weighted by Crippen LogP contribution is 2.20. The maximum Gasteiger partial charge on any atom is 0.229 e. The first-order chi connectivity index (χ1) is 12.8.